The summed E-state index contributed by atoms with van der Waals surface area (Å²) in [5.41, 5.74) is 2.70. The van der Waals surface area contributed by atoms with E-state index in [1.54, 1.807) is 18.1 Å². The van der Waals surface area contributed by atoms with Gasteiger partial charge in [0.25, 0.3) is 5.91 Å². The molecule has 0 radical (unpaired) electrons. The van der Waals surface area contributed by atoms with E-state index in [4.69, 9.17) is 10.8 Å². The Morgan fingerprint density at radius 2 is 2.08 bits per heavy atom. The first-order chi connectivity index (χ1) is 12.5. The molecule has 1 saturated carbocycles. The third-order valence-electron chi connectivity index (χ3n) is 4.88. The largest absolute Gasteiger partial charge is 0.512 e. The minimum Gasteiger partial charge on any atom is -0.512 e. The molecular formula is C20H24N4O2. The number of aliphatic hydroxyl groups is 1. The van der Waals surface area contributed by atoms with Crippen molar-refractivity contribution in [1.29, 1.82) is 10.8 Å². The molecule has 1 unspecified atom stereocenters. The predicted octanol–water partition coefficient (Wildman–Crippen LogP) is 2.74. The van der Waals surface area contributed by atoms with Crippen LogP contribution in [0, 0.1) is 16.7 Å². The highest BCUT2D eigenvalue weighted by molar-refractivity contribution is 6.42. The van der Waals surface area contributed by atoms with Gasteiger partial charge in [-0.15, -0.1) is 0 Å². The van der Waals surface area contributed by atoms with Crippen molar-refractivity contribution in [2.24, 2.45) is 5.92 Å². The van der Waals surface area contributed by atoms with Crippen LogP contribution in [0.5, 0.6) is 0 Å². The highest BCUT2D eigenvalue weighted by Crippen LogP contribution is 2.35. The van der Waals surface area contributed by atoms with Crippen molar-refractivity contribution in [1.82, 2.24) is 10.2 Å². The Kier molecular flexibility index (Phi) is 5.21. The van der Waals surface area contributed by atoms with Gasteiger partial charge in [0.15, 0.2) is 0 Å². The zero-order valence-corrected chi connectivity index (χ0v) is 14.8. The molecule has 1 fully saturated rings. The van der Waals surface area contributed by atoms with Crippen LogP contribution < -0.4 is 5.32 Å². The number of fused-ring (bicyclic) bond motifs is 1. The van der Waals surface area contributed by atoms with Gasteiger partial charge in [-0.25, -0.2) is 0 Å². The molecule has 3 rings (SSSR count). The van der Waals surface area contributed by atoms with Crippen molar-refractivity contribution in [2.45, 2.75) is 25.3 Å². The van der Waals surface area contributed by atoms with Crippen molar-refractivity contribution in [3.8, 4) is 0 Å². The van der Waals surface area contributed by atoms with E-state index in [0.717, 1.165) is 29.5 Å². The van der Waals surface area contributed by atoms with Gasteiger partial charge in [0, 0.05) is 50.5 Å². The molecule has 6 heteroatoms. The number of hydrogen-bond donors (Lipinski definition) is 4. The standard InChI is InChI=1S/C20H24N4O2/c1-23-10-15(9-21)17-12-24(11-14-4-2-3-5-16(14)17)20(26)18(22)8-19(25)13-6-7-13/h2-5,8-10,13,17,21-23,25H,6-7,11-12H2,1H3/b15-10+,19-8-,21-9?,22-18?. The van der Waals surface area contributed by atoms with Crippen LogP contribution in [-0.2, 0) is 11.3 Å². The third kappa shape index (κ3) is 3.69. The normalized spacial score (nSPS) is 20.3. The van der Waals surface area contributed by atoms with Crippen molar-refractivity contribution >= 4 is 17.8 Å². The van der Waals surface area contributed by atoms with Crippen LogP contribution in [0.1, 0.15) is 29.9 Å². The van der Waals surface area contributed by atoms with Crippen LogP contribution in [0.4, 0.5) is 0 Å². The van der Waals surface area contributed by atoms with Gasteiger partial charge in [-0.05, 0) is 29.5 Å². The summed E-state index contributed by atoms with van der Waals surface area (Å²) in [6.07, 6.45) is 6.19. The van der Waals surface area contributed by atoms with E-state index >= 15 is 0 Å². The molecule has 4 N–H and O–H groups in total. The summed E-state index contributed by atoms with van der Waals surface area (Å²) < 4.78 is 0. The number of carbonyl (C=O) groups excluding carboxylic acids is 1. The molecule has 0 spiro atoms. The fourth-order valence-electron chi connectivity index (χ4n) is 3.33. The Balaban J connectivity index is 1.87. The Morgan fingerprint density at radius 3 is 2.73 bits per heavy atom. The first kappa shape index (κ1) is 17.9. The number of allylic oxidation sites excluding steroid dienone is 1. The van der Waals surface area contributed by atoms with Crippen LogP contribution in [0.15, 0.2) is 47.9 Å². The number of amides is 1. The number of hydrogen-bond acceptors (Lipinski definition) is 5. The molecule has 0 bridgehead atoms. The molecule has 1 atom stereocenters. The van der Waals surface area contributed by atoms with Gasteiger partial charge in [-0.1, -0.05) is 24.3 Å². The van der Waals surface area contributed by atoms with Crippen LogP contribution in [0.25, 0.3) is 0 Å². The Morgan fingerprint density at radius 1 is 1.35 bits per heavy atom. The fourth-order valence-corrected chi connectivity index (χ4v) is 3.33. The summed E-state index contributed by atoms with van der Waals surface area (Å²) in [6, 6.07) is 7.89. The van der Waals surface area contributed by atoms with Gasteiger partial charge < -0.3 is 20.7 Å². The second-order valence-electron chi connectivity index (χ2n) is 6.77. The smallest absolute Gasteiger partial charge is 0.272 e. The lowest BCUT2D eigenvalue weighted by Crippen LogP contribution is -2.42. The van der Waals surface area contributed by atoms with Crippen LogP contribution in [-0.4, -0.2) is 41.4 Å². The first-order valence-corrected chi connectivity index (χ1v) is 8.79. The molecule has 26 heavy (non-hydrogen) atoms. The Labute approximate surface area is 153 Å². The van der Waals surface area contributed by atoms with Crippen molar-refractivity contribution in [3.63, 3.8) is 0 Å². The minimum absolute atomic E-state index is 0.112. The lowest BCUT2D eigenvalue weighted by atomic mass is 9.85. The molecule has 1 aromatic rings. The summed E-state index contributed by atoms with van der Waals surface area (Å²) in [4.78, 5) is 14.4. The average Bonchev–Trinajstić information content (AvgIpc) is 3.50. The molecule has 0 aromatic heterocycles. The number of rotatable bonds is 6. The maximum absolute atomic E-state index is 12.8. The van der Waals surface area contributed by atoms with E-state index in [0.29, 0.717) is 13.1 Å². The molecule has 0 saturated heterocycles. The quantitative estimate of drug-likeness (QED) is 0.468. The summed E-state index contributed by atoms with van der Waals surface area (Å²) in [5.74, 6) is -0.276. The van der Waals surface area contributed by atoms with E-state index in [1.165, 1.54) is 12.3 Å². The Bertz CT molecular complexity index is 793. The molecule has 1 heterocycles. The summed E-state index contributed by atoms with van der Waals surface area (Å²) in [6.45, 7) is 0.829. The number of carbonyl (C=O) groups is 1. The lowest BCUT2D eigenvalue weighted by Gasteiger charge is -2.35. The van der Waals surface area contributed by atoms with Gasteiger partial charge in [0.1, 0.15) is 5.71 Å². The number of nitrogens with one attached hydrogen (secondary N) is 3. The molecule has 6 nitrogen and oxygen atoms in total. The van der Waals surface area contributed by atoms with Gasteiger partial charge in [0.05, 0.1) is 5.76 Å². The van der Waals surface area contributed by atoms with E-state index in [-0.39, 0.29) is 23.3 Å². The molecule has 1 aromatic carbocycles. The predicted molar refractivity (Wildman–Crippen MR) is 102 cm³/mol. The van der Waals surface area contributed by atoms with Gasteiger partial charge in [-0.2, -0.15) is 0 Å². The molecule has 136 valence electrons. The fraction of sp³-hybridized carbons (Fsp3) is 0.350. The van der Waals surface area contributed by atoms with Crippen LogP contribution in [0.2, 0.25) is 0 Å². The second-order valence-corrected chi connectivity index (χ2v) is 6.77. The molecule has 1 aliphatic heterocycles. The van der Waals surface area contributed by atoms with Crippen molar-refractivity contribution < 1.29 is 9.90 Å². The highest BCUT2D eigenvalue weighted by atomic mass is 16.3. The maximum Gasteiger partial charge on any atom is 0.272 e. The zero-order valence-electron chi connectivity index (χ0n) is 14.8. The van der Waals surface area contributed by atoms with Gasteiger partial charge in [-0.3, -0.25) is 10.2 Å². The third-order valence-corrected chi connectivity index (χ3v) is 4.88. The van der Waals surface area contributed by atoms with E-state index in [2.05, 4.69) is 5.32 Å². The van der Waals surface area contributed by atoms with E-state index in [9.17, 15) is 9.90 Å². The molecular weight excluding hydrogens is 328 g/mol. The number of nitrogens with zero attached hydrogens (tertiary/aromatic N) is 1. The van der Waals surface area contributed by atoms with E-state index < -0.39 is 5.91 Å². The molecule has 1 aliphatic carbocycles. The lowest BCUT2D eigenvalue weighted by molar-refractivity contribution is -0.125. The topological polar surface area (TPSA) is 100 Å². The van der Waals surface area contributed by atoms with Crippen molar-refractivity contribution in [3.05, 3.63) is 59.0 Å². The zero-order chi connectivity index (χ0) is 18.7. The molecule has 2 aliphatic rings. The van der Waals surface area contributed by atoms with Gasteiger partial charge >= 0.3 is 0 Å². The van der Waals surface area contributed by atoms with Crippen LogP contribution in [0.3, 0.4) is 0 Å². The minimum atomic E-state index is -0.398. The number of benzene rings is 1. The summed E-state index contributed by atoms with van der Waals surface area (Å²) >= 11 is 0. The van der Waals surface area contributed by atoms with Gasteiger partial charge in [0.2, 0.25) is 0 Å². The highest BCUT2D eigenvalue weighted by Gasteiger charge is 2.32. The SMILES string of the molecule is CN/C=C(\C=N)C1CN(C(=O)C(=N)/C=C(\O)C2CC2)Cc2ccccc21. The van der Waals surface area contributed by atoms with E-state index in [1.807, 2.05) is 24.3 Å². The Hall–Kier alpha value is -2.89. The van der Waals surface area contributed by atoms with Crippen LogP contribution >= 0.6 is 0 Å². The second kappa shape index (κ2) is 7.56. The number of aliphatic hydroxyl groups excluding tert-OH is 1. The summed E-state index contributed by atoms with van der Waals surface area (Å²) in [5, 5.41) is 28.7. The monoisotopic (exact) mass is 352 g/mol. The first-order valence-electron chi connectivity index (χ1n) is 8.79. The van der Waals surface area contributed by atoms with Crippen molar-refractivity contribution in [2.75, 3.05) is 13.6 Å². The molecule has 1 amide bonds. The maximum atomic E-state index is 12.8. The average molecular weight is 352 g/mol. The summed E-state index contributed by atoms with van der Waals surface area (Å²) in [7, 11) is 1.78.